The summed E-state index contributed by atoms with van der Waals surface area (Å²) in [5.74, 6) is -0.307. The standard InChI is InChI=1S/C12H8ClFN4O/c13-9-3-7(14)1-2-8(9)10-11(18-19-12(10)15)6-4-16-17-5-6/h1-5H,15H2,(H,16,17). The Balaban J connectivity index is 2.22. The van der Waals surface area contributed by atoms with Crippen molar-refractivity contribution in [3.05, 3.63) is 41.4 Å². The van der Waals surface area contributed by atoms with Crippen LogP contribution in [-0.4, -0.2) is 15.4 Å². The number of aromatic nitrogens is 3. The maximum absolute atomic E-state index is 13.1. The van der Waals surface area contributed by atoms with Gasteiger partial charge in [0.05, 0.1) is 16.8 Å². The molecule has 0 aliphatic rings. The van der Waals surface area contributed by atoms with Gasteiger partial charge in [0, 0.05) is 17.3 Å². The lowest BCUT2D eigenvalue weighted by molar-refractivity contribution is 0.439. The van der Waals surface area contributed by atoms with Gasteiger partial charge in [-0.2, -0.15) is 5.10 Å². The van der Waals surface area contributed by atoms with Crippen molar-refractivity contribution in [1.82, 2.24) is 15.4 Å². The van der Waals surface area contributed by atoms with Crippen LogP contribution in [0.4, 0.5) is 10.3 Å². The number of halogens is 2. The lowest BCUT2D eigenvalue weighted by Gasteiger charge is -2.04. The molecule has 0 amide bonds. The van der Waals surface area contributed by atoms with E-state index in [2.05, 4.69) is 15.4 Å². The van der Waals surface area contributed by atoms with Gasteiger partial charge in [-0.15, -0.1) is 0 Å². The average molecular weight is 279 g/mol. The number of H-pyrrole nitrogens is 1. The topological polar surface area (TPSA) is 80.7 Å². The summed E-state index contributed by atoms with van der Waals surface area (Å²) >= 11 is 6.04. The van der Waals surface area contributed by atoms with Crippen molar-refractivity contribution < 1.29 is 8.91 Å². The van der Waals surface area contributed by atoms with Gasteiger partial charge in [0.25, 0.3) is 0 Å². The zero-order valence-corrected chi connectivity index (χ0v) is 10.3. The monoisotopic (exact) mass is 278 g/mol. The van der Waals surface area contributed by atoms with Crippen molar-refractivity contribution in [3.63, 3.8) is 0 Å². The van der Waals surface area contributed by atoms with E-state index in [0.29, 0.717) is 22.4 Å². The highest BCUT2D eigenvalue weighted by atomic mass is 35.5. The number of aromatic amines is 1. The molecule has 2 heterocycles. The molecule has 0 aliphatic heterocycles. The van der Waals surface area contributed by atoms with Crippen molar-refractivity contribution in [3.8, 4) is 22.4 Å². The van der Waals surface area contributed by atoms with Gasteiger partial charge in [-0.1, -0.05) is 16.8 Å². The molecule has 7 heteroatoms. The average Bonchev–Trinajstić information content (AvgIpc) is 2.99. The van der Waals surface area contributed by atoms with E-state index in [1.807, 2.05) is 0 Å². The number of benzene rings is 1. The zero-order valence-electron chi connectivity index (χ0n) is 9.52. The Morgan fingerprint density at radius 1 is 1.37 bits per heavy atom. The second-order valence-electron chi connectivity index (χ2n) is 3.88. The largest absolute Gasteiger partial charge is 0.367 e. The first-order valence-electron chi connectivity index (χ1n) is 5.36. The van der Waals surface area contributed by atoms with Gasteiger partial charge in [-0.05, 0) is 18.2 Å². The molecule has 0 radical (unpaired) electrons. The molecular weight excluding hydrogens is 271 g/mol. The van der Waals surface area contributed by atoms with Crippen LogP contribution in [0.2, 0.25) is 5.02 Å². The van der Waals surface area contributed by atoms with E-state index in [1.165, 1.54) is 18.2 Å². The predicted octanol–water partition coefficient (Wildman–Crippen LogP) is 3.11. The number of hydrogen-bond donors (Lipinski definition) is 2. The fraction of sp³-hybridized carbons (Fsp3) is 0. The Morgan fingerprint density at radius 2 is 2.21 bits per heavy atom. The minimum atomic E-state index is -0.423. The van der Waals surface area contributed by atoms with Gasteiger partial charge >= 0.3 is 0 Å². The molecule has 0 unspecified atom stereocenters. The van der Waals surface area contributed by atoms with Crippen LogP contribution < -0.4 is 5.73 Å². The maximum atomic E-state index is 13.1. The summed E-state index contributed by atoms with van der Waals surface area (Å²) in [5, 5.41) is 10.6. The molecule has 3 rings (SSSR count). The summed E-state index contributed by atoms with van der Waals surface area (Å²) in [5.41, 5.74) is 8.05. The fourth-order valence-electron chi connectivity index (χ4n) is 1.83. The fourth-order valence-corrected chi connectivity index (χ4v) is 2.09. The first kappa shape index (κ1) is 11.7. The van der Waals surface area contributed by atoms with Crippen LogP contribution >= 0.6 is 11.6 Å². The van der Waals surface area contributed by atoms with Gasteiger partial charge in [0.2, 0.25) is 5.88 Å². The Bertz CT molecular complexity index is 723. The Kier molecular flexibility index (Phi) is 2.72. The number of anilines is 1. The van der Waals surface area contributed by atoms with Crippen LogP contribution in [0.3, 0.4) is 0 Å². The minimum absolute atomic E-state index is 0.115. The van der Waals surface area contributed by atoms with Crippen LogP contribution in [0, 0.1) is 5.82 Å². The van der Waals surface area contributed by atoms with E-state index in [4.69, 9.17) is 21.9 Å². The third-order valence-electron chi connectivity index (χ3n) is 2.69. The predicted molar refractivity (Wildman–Crippen MR) is 68.9 cm³/mol. The van der Waals surface area contributed by atoms with E-state index in [0.717, 1.165) is 0 Å². The van der Waals surface area contributed by atoms with Crippen molar-refractivity contribution in [2.24, 2.45) is 0 Å². The van der Waals surface area contributed by atoms with Gasteiger partial charge in [0.15, 0.2) is 0 Å². The van der Waals surface area contributed by atoms with Gasteiger partial charge in [-0.3, -0.25) is 5.10 Å². The minimum Gasteiger partial charge on any atom is -0.367 e. The molecule has 0 fully saturated rings. The molecule has 2 aromatic heterocycles. The third-order valence-corrected chi connectivity index (χ3v) is 3.00. The molecule has 3 aromatic rings. The molecule has 0 saturated heterocycles. The van der Waals surface area contributed by atoms with Gasteiger partial charge < -0.3 is 10.3 Å². The molecule has 19 heavy (non-hydrogen) atoms. The molecular formula is C12H8ClFN4O. The van der Waals surface area contributed by atoms with Crippen LogP contribution in [0.25, 0.3) is 22.4 Å². The summed E-state index contributed by atoms with van der Waals surface area (Å²) in [7, 11) is 0. The number of nitrogens with two attached hydrogens (primary N) is 1. The SMILES string of the molecule is Nc1onc(-c2cn[nH]c2)c1-c1ccc(F)cc1Cl. The normalized spacial score (nSPS) is 10.8. The second kappa shape index (κ2) is 4.40. The molecule has 0 bridgehead atoms. The summed E-state index contributed by atoms with van der Waals surface area (Å²) in [6, 6.07) is 4.04. The smallest absolute Gasteiger partial charge is 0.230 e. The highest BCUT2D eigenvalue weighted by Gasteiger charge is 2.20. The second-order valence-corrected chi connectivity index (χ2v) is 4.29. The third kappa shape index (κ3) is 1.96. The number of nitrogens with one attached hydrogen (secondary N) is 1. The molecule has 1 aromatic carbocycles. The molecule has 96 valence electrons. The molecule has 0 saturated carbocycles. The number of nitrogens with zero attached hydrogens (tertiary/aromatic N) is 2. The van der Waals surface area contributed by atoms with Crippen molar-refractivity contribution in [1.29, 1.82) is 0 Å². The zero-order chi connectivity index (χ0) is 13.4. The highest BCUT2D eigenvalue weighted by Crippen LogP contribution is 2.39. The maximum Gasteiger partial charge on any atom is 0.230 e. The van der Waals surface area contributed by atoms with E-state index >= 15 is 0 Å². The first-order valence-corrected chi connectivity index (χ1v) is 5.74. The van der Waals surface area contributed by atoms with E-state index in [1.54, 1.807) is 12.4 Å². The van der Waals surface area contributed by atoms with E-state index in [-0.39, 0.29) is 10.9 Å². The number of nitrogen functional groups attached to an aromatic ring is 1. The Labute approximate surface area is 112 Å². The molecule has 0 spiro atoms. The molecule has 0 aliphatic carbocycles. The highest BCUT2D eigenvalue weighted by molar-refractivity contribution is 6.33. The lowest BCUT2D eigenvalue weighted by Crippen LogP contribution is -1.89. The number of rotatable bonds is 2. The van der Waals surface area contributed by atoms with Crippen molar-refractivity contribution in [2.45, 2.75) is 0 Å². The molecule has 0 atom stereocenters. The quantitative estimate of drug-likeness (QED) is 0.755. The van der Waals surface area contributed by atoms with Crippen LogP contribution in [0.1, 0.15) is 0 Å². The summed E-state index contributed by atoms with van der Waals surface area (Å²) in [4.78, 5) is 0. The van der Waals surface area contributed by atoms with Crippen LogP contribution in [0.5, 0.6) is 0 Å². The Morgan fingerprint density at radius 3 is 2.89 bits per heavy atom. The van der Waals surface area contributed by atoms with Gasteiger partial charge in [0.1, 0.15) is 11.5 Å². The van der Waals surface area contributed by atoms with Crippen molar-refractivity contribution >= 4 is 17.5 Å². The number of hydrogen-bond acceptors (Lipinski definition) is 4. The molecule has 3 N–H and O–H groups in total. The van der Waals surface area contributed by atoms with Crippen LogP contribution in [0.15, 0.2) is 35.1 Å². The molecule has 5 nitrogen and oxygen atoms in total. The van der Waals surface area contributed by atoms with E-state index < -0.39 is 5.82 Å². The van der Waals surface area contributed by atoms with Crippen molar-refractivity contribution in [2.75, 3.05) is 5.73 Å². The Hall–Kier alpha value is -2.34. The summed E-state index contributed by atoms with van der Waals surface area (Å²) in [6.45, 7) is 0. The van der Waals surface area contributed by atoms with E-state index in [9.17, 15) is 4.39 Å². The van der Waals surface area contributed by atoms with Crippen LogP contribution in [-0.2, 0) is 0 Å². The first-order chi connectivity index (χ1) is 9.16. The summed E-state index contributed by atoms with van der Waals surface area (Å²) in [6.07, 6.45) is 3.23. The summed E-state index contributed by atoms with van der Waals surface area (Å²) < 4.78 is 18.1. The lowest BCUT2D eigenvalue weighted by atomic mass is 10.0. The van der Waals surface area contributed by atoms with Gasteiger partial charge in [-0.25, -0.2) is 4.39 Å².